The quantitative estimate of drug-likeness (QED) is 0.916. The predicted molar refractivity (Wildman–Crippen MR) is 69.4 cm³/mol. The van der Waals surface area contributed by atoms with Gasteiger partial charge in [0.1, 0.15) is 0 Å². The van der Waals surface area contributed by atoms with Crippen molar-refractivity contribution in [3.63, 3.8) is 0 Å². The SMILES string of the molecule is CCC1CN(c2c(Cl)cc(Cl)cc2C(=O)O)C1. The van der Waals surface area contributed by atoms with Gasteiger partial charge in [-0.15, -0.1) is 0 Å². The number of rotatable bonds is 3. The van der Waals surface area contributed by atoms with Crippen LogP contribution in [0.3, 0.4) is 0 Å². The van der Waals surface area contributed by atoms with E-state index in [0.29, 0.717) is 21.7 Å². The lowest BCUT2D eigenvalue weighted by atomic mass is 9.95. The third-order valence-corrected chi connectivity index (χ3v) is 3.62. The van der Waals surface area contributed by atoms with Crippen LogP contribution in [-0.2, 0) is 0 Å². The molecule has 2 rings (SSSR count). The number of aromatic carboxylic acids is 1. The number of carbonyl (C=O) groups is 1. The molecule has 5 heteroatoms. The fourth-order valence-corrected chi connectivity index (χ4v) is 2.67. The van der Waals surface area contributed by atoms with Gasteiger partial charge in [0.2, 0.25) is 0 Å². The molecule has 1 aromatic carbocycles. The first-order valence-corrected chi connectivity index (χ1v) is 6.25. The van der Waals surface area contributed by atoms with Crippen molar-refractivity contribution in [2.45, 2.75) is 13.3 Å². The zero-order valence-electron chi connectivity index (χ0n) is 9.41. The van der Waals surface area contributed by atoms with E-state index in [-0.39, 0.29) is 5.56 Å². The number of hydrogen-bond acceptors (Lipinski definition) is 2. The van der Waals surface area contributed by atoms with Gasteiger partial charge < -0.3 is 10.0 Å². The largest absolute Gasteiger partial charge is 0.478 e. The molecule has 17 heavy (non-hydrogen) atoms. The van der Waals surface area contributed by atoms with Gasteiger partial charge in [0.25, 0.3) is 0 Å². The highest BCUT2D eigenvalue weighted by Crippen LogP contribution is 2.37. The first-order valence-electron chi connectivity index (χ1n) is 5.50. The molecule has 0 atom stereocenters. The summed E-state index contributed by atoms with van der Waals surface area (Å²) in [6, 6.07) is 3.04. The van der Waals surface area contributed by atoms with Gasteiger partial charge in [-0.25, -0.2) is 4.79 Å². The highest BCUT2D eigenvalue weighted by molar-refractivity contribution is 6.37. The molecule has 0 saturated carbocycles. The molecule has 1 heterocycles. The maximum absolute atomic E-state index is 11.2. The summed E-state index contributed by atoms with van der Waals surface area (Å²) in [7, 11) is 0. The number of carboxylic acids is 1. The van der Waals surface area contributed by atoms with E-state index in [4.69, 9.17) is 28.3 Å². The molecule has 1 fully saturated rings. The van der Waals surface area contributed by atoms with Crippen LogP contribution in [0.2, 0.25) is 10.0 Å². The second-order valence-corrected chi connectivity index (χ2v) is 5.11. The fraction of sp³-hybridized carbons (Fsp3) is 0.417. The zero-order chi connectivity index (χ0) is 12.6. The molecule has 0 spiro atoms. The minimum atomic E-state index is -0.996. The van der Waals surface area contributed by atoms with Crippen molar-refractivity contribution in [3.05, 3.63) is 27.7 Å². The van der Waals surface area contributed by atoms with E-state index < -0.39 is 5.97 Å². The lowest BCUT2D eigenvalue weighted by molar-refractivity contribution is 0.0697. The third kappa shape index (κ3) is 2.35. The molecular formula is C12H13Cl2NO2. The number of carboxylic acid groups (broad SMARTS) is 1. The first-order chi connectivity index (χ1) is 8.02. The van der Waals surface area contributed by atoms with Crippen molar-refractivity contribution in [2.75, 3.05) is 18.0 Å². The van der Waals surface area contributed by atoms with Crippen LogP contribution >= 0.6 is 23.2 Å². The van der Waals surface area contributed by atoms with Crippen LogP contribution in [0, 0.1) is 5.92 Å². The predicted octanol–water partition coefficient (Wildman–Crippen LogP) is 3.54. The molecule has 0 radical (unpaired) electrons. The average Bonchev–Trinajstić information content (AvgIpc) is 2.18. The second-order valence-electron chi connectivity index (χ2n) is 4.27. The van der Waals surface area contributed by atoms with Gasteiger partial charge in [-0.2, -0.15) is 0 Å². The van der Waals surface area contributed by atoms with Crippen molar-refractivity contribution < 1.29 is 9.90 Å². The van der Waals surface area contributed by atoms with Gasteiger partial charge in [0.05, 0.1) is 16.3 Å². The van der Waals surface area contributed by atoms with E-state index in [0.717, 1.165) is 19.5 Å². The Balaban J connectivity index is 2.36. The molecule has 1 N–H and O–H groups in total. The van der Waals surface area contributed by atoms with Gasteiger partial charge >= 0.3 is 5.97 Å². The molecule has 92 valence electrons. The molecule has 1 aromatic rings. The van der Waals surface area contributed by atoms with E-state index in [2.05, 4.69) is 6.92 Å². The van der Waals surface area contributed by atoms with Crippen molar-refractivity contribution in [1.82, 2.24) is 0 Å². The van der Waals surface area contributed by atoms with Gasteiger partial charge in [0, 0.05) is 18.1 Å². The smallest absolute Gasteiger partial charge is 0.337 e. The minimum absolute atomic E-state index is 0.178. The number of benzene rings is 1. The van der Waals surface area contributed by atoms with Crippen LogP contribution in [0.4, 0.5) is 5.69 Å². The molecule has 0 unspecified atom stereocenters. The summed E-state index contributed by atoms with van der Waals surface area (Å²) in [5.74, 6) is -0.368. The molecule has 1 saturated heterocycles. The van der Waals surface area contributed by atoms with Crippen LogP contribution in [-0.4, -0.2) is 24.2 Å². The summed E-state index contributed by atoms with van der Waals surface area (Å²) in [5, 5.41) is 9.92. The minimum Gasteiger partial charge on any atom is -0.478 e. The Morgan fingerprint density at radius 1 is 1.47 bits per heavy atom. The Hall–Kier alpha value is -0.930. The van der Waals surface area contributed by atoms with E-state index in [1.807, 2.05) is 4.90 Å². The van der Waals surface area contributed by atoms with Crippen LogP contribution in [0.5, 0.6) is 0 Å². The summed E-state index contributed by atoms with van der Waals surface area (Å²) in [5.41, 5.74) is 0.769. The molecule has 0 aromatic heterocycles. The van der Waals surface area contributed by atoms with Crippen molar-refractivity contribution in [1.29, 1.82) is 0 Å². The Bertz CT molecular complexity index is 456. The van der Waals surface area contributed by atoms with Crippen LogP contribution in [0.15, 0.2) is 12.1 Å². The molecule has 0 amide bonds. The van der Waals surface area contributed by atoms with E-state index in [1.165, 1.54) is 6.07 Å². The number of halogens is 2. The van der Waals surface area contributed by atoms with Crippen molar-refractivity contribution >= 4 is 34.9 Å². The van der Waals surface area contributed by atoms with E-state index in [1.54, 1.807) is 6.07 Å². The van der Waals surface area contributed by atoms with Gasteiger partial charge in [0.15, 0.2) is 0 Å². The monoisotopic (exact) mass is 273 g/mol. The first kappa shape index (κ1) is 12.5. The topological polar surface area (TPSA) is 40.5 Å². The van der Waals surface area contributed by atoms with Gasteiger partial charge in [-0.1, -0.05) is 30.1 Å². The Morgan fingerprint density at radius 2 is 2.12 bits per heavy atom. The van der Waals surface area contributed by atoms with Gasteiger partial charge in [-0.05, 0) is 24.5 Å². The molecule has 3 nitrogen and oxygen atoms in total. The normalized spacial score (nSPS) is 15.8. The van der Waals surface area contributed by atoms with Crippen LogP contribution in [0.25, 0.3) is 0 Å². The highest BCUT2D eigenvalue weighted by atomic mass is 35.5. The van der Waals surface area contributed by atoms with Gasteiger partial charge in [-0.3, -0.25) is 0 Å². The Labute approximate surface area is 110 Å². The number of hydrogen-bond donors (Lipinski definition) is 1. The van der Waals surface area contributed by atoms with E-state index in [9.17, 15) is 4.79 Å². The van der Waals surface area contributed by atoms with Crippen molar-refractivity contribution in [2.24, 2.45) is 5.92 Å². The van der Waals surface area contributed by atoms with Crippen LogP contribution in [0.1, 0.15) is 23.7 Å². The zero-order valence-corrected chi connectivity index (χ0v) is 10.9. The maximum atomic E-state index is 11.2. The molecular weight excluding hydrogens is 261 g/mol. The number of nitrogens with zero attached hydrogens (tertiary/aromatic N) is 1. The van der Waals surface area contributed by atoms with Crippen LogP contribution < -0.4 is 4.90 Å². The lowest BCUT2D eigenvalue weighted by Gasteiger charge is -2.41. The Morgan fingerprint density at radius 3 is 2.65 bits per heavy atom. The average molecular weight is 274 g/mol. The van der Waals surface area contributed by atoms with E-state index >= 15 is 0 Å². The number of anilines is 1. The third-order valence-electron chi connectivity index (χ3n) is 3.11. The molecule has 0 bridgehead atoms. The van der Waals surface area contributed by atoms with Crippen molar-refractivity contribution in [3.8, 4) is 0 Å². The molecule has 1 aliphatic rings. The summed E-state index contributed by atoms with van der Waals surface area (Å²) in [6.45, 7) is 3.85. The standard InChI is InChI=1S/C12H13Cl2NO2/c1-2-7-5-15(6-7)11-9(12(16)17)3-8(13)4-10(11)14/h3-4,7H,2,5-6H2,1H3,(H,16,17). The lowest BCUT2D eigenvalue weighted by Crippen LogP contribution is -2.47. The summed E-state index contributed by atoms with van der Waals surface area (Å²) in [6.07, 6.45) is 1.10. The molecule has 0 aliphatic carbocycles. The Kier molecular flexibility index (Phi) is 3.50. The molecule has 1 aliphatic heterocycles. The summed E-state index contributed by atoms with van der Waals surface area (Å²) >= 11 is 11.9. The maximum Gasteiger partial charge on any atom is 0.337 e. The fourth-order valence-electron chi connectivity index (χ4n) is 2.06. The summed E-state index contributed by atoms with van der Waals surface area (Å²) in [4.78, 5) is 13.2. The second kappa shape index (κ2) is 4.75. The highest BCUT2D eigenvalue weighted by Gasteiger charge is 2.30. The summed E-state index contributed by atoms with van der Waals surface area (Å²) < 4.78 is 0.